The Labute approximate surface area is 155 Å². The van der Waals surface area contributed by atoms with Crippen molar-refractivity contribution in [1.82, 2.24) is 20.4 Å². The largest absolute Gasteiger partial charge is 0.356 e. The zero-order valence-electron chi connectivity index (χ0n) is 17.1. The lowest BCUT2D eigenvalue weighted by Gasteiger charge is -2.35. The molecule has 0 aromatic rings. The maximum absolute atomic E-state index is 4.46. The van der Waals surface area contributed by atoms with Crippen molar-refractivity contribution in [2.75, 3.05) is 52.9 Å². The predicted molar refractivity (Wildman–Crippen MR) is 108 cm³/mol. The van der Waals surface area contributed by atoms with Crippen LogP contribution in [0.3, 0.4) is 0 Å². The fourth-order valence-corrected chi connectivity index (χ4v) is 4.25. The molecule has 5 heteroatoms. The van der Waals surface area contributed by atoms with Gasteiger partial charge in [0.05, 0.1) is 0 Å². The van der Waals surface area contributed by atoms with Crippen LogP contribution in [0.15, 0.2) is 4.99 Å². The summed E-state index contributed by atoms with van der Waals surface area (Å²) >= 11 is 0. The van der Waals surface area contributed by atoms with Gasteiger partial charge in [0, 0.05) is 45.8 Å². The summed E-state index contributed by atoms with van der Waals surface area (Å²) in [6, 6.07) is 0.572. The molecule has 2 aliphatic rings. The Morgan fingerprint density at radius 3 is 2.52 bits per heavy atom. The molecule has 25 heavy (non-hydrogen) atoms. The van der Waals surface area contributed by atoms with E-state index in [9.17, 15) is 0 Å². The zero-order chi connectivity index (χ0) is 18.1. The van der Waals surface area contributed by atoms with Crippen LogP contribution in [-0.2, 0) is 0 Å². The van der Waals surface area contributed by atoms with Crippen molar-refractivity contribution in [2.45, 2.75) is 58.9 Å². The summed E-state index contributed by atoms with van der Waals surface area (Å²) in [5.74, 6) is 2.51. The van der Waals surface area contributed by atoms with Gasteiger partial charge < -0.3 is 20.4 Å². The highest BCUT2D eigenvalue weighted by Gasteiger charge is 2.22. The van der Waals surface area contributed by atoms with E-state index in [0.717, 1.165) is 24.3 Å². The lowest BCUT2D eigenvalue weighted by molar-refractivity contribution is 0.159. The number of nitrogens with zero attached hydrogens (tertiary/aromatic N) is 3. The van der Waals surface area contributed by atoms with Crippen molar-refractivity contribution in [1.29, 1.82) is 0 Å². The maximum atomic E-state index is 4.46. The highest BCUT2D eigenvalue weighted by atomic mass is 15.2. The van der Waals surface area contributed by atoms with Crippen LogP contribution in [-0.4, -0.2) is 74.7 Å². The van der Waals surface area contributed by atoms with Crippen molar-refractivity contribution >= 4 is 5.96 Å². The Morgan fingerprint density at radius 2 is 1.88 bits per heavy atom. The van der Waals surface area contributed by atoms with E-state index in [1.54, 1.807) is 0 Å². The average molecular weight is 352 g/mol. The number of guanidine groups is 1. The van der Waals surface area contributed by atoms with E-state index < -0.39 is 0 Å². The summed E-state index contributed by atoms with van der Waals surface area (Å²) in [6.45, 7) is 15.4. The topological polar surface area (TPSA) is 42.9 Å². The molecule has 2 rings (SSSR count). The van der Waals surface area contributed by atoms with Crippen LogP contribution in [0.5, 0.6) is 0 Å². The van der Waals surface area contributed by atoms with Crippen LogP contribution in [0, 0.1) is 11.8 Å². The van der Waals surface area contributed by atoms with Gasteiger partial charge in [0.15, 0.2) is 5.96 Å². The predicted octanol–water partition coefficient (Wildman–Crippen LogP) is 2.39. The molecule has 1 atom stereocenters. The first kappa shape index (κ1) is 20.5. The van der Waals surface area contributed by atoms with Crippen LogP contribution < -0.4 is 10.6 Å². The first-order chi connectivity index (χ1) is 12.1. The van der Waals surface area contributed by atoms with Gasteiger partial charge in [-0.05, 0) is 57.0 Å². The quantitative estimate of drug-likeness (QED) is 0.546. The monoisotopic (exact) mass is 351 g/mol. The average Bonchev–Trinajstić information content (AvgIpc) is 2.60. The third-order valence-electron chi connectivity index (χ3n) is 5.48. The van der Waals surface area contributed by atoms with Gasteiger partial charge in [-0.2, -0.15) is 0 Å². The second-order valence-corrected chi connectivity index (χ2v) is 8.38. The van der Waals surface area contributed by atoms with Gasteiger partial charge in [-0.1, -0.05) is 20.8 Å². The van der Waals surface area contributed by atoms with Crippen molar-refractivity contribution < 1.29 is 0 Å². The molecular weight excluding hydrogens is 310 g/mol. The molecule has 0 saturated carbocycles. The molecule has 0 bridgehead atoms. The van der Waals surface area contributed by atoms with E-state index in [1.165, 1.54) is 71.4 Å². The van der Waals surface area contributed by atoms with Gasteiger partial charge in [0.1, 0.15) is 0 Å². The second kappa shape index (κ2) is 11.0. The van der Waals surface area contributed by atoms with E-state index >= 15 is 0 Å². The van der Waals surface area contributed by atoms with E-state index in [2.05, 4.69) is 46.2 Å². The van der Waals surface area contributed by atoms with Crippen molar-refractivity contribution in [3.63, 3.8) is 0 Å². The van der Waals surface area contributed by atoms with Crippen LogP contribution in [0.2, 0.25) is 0 Å². The third kappa shape index (κ3) is 7.53. The summed E-state index contributed by atoms with van der Waals surface area (Å²) in [4.78, 5) is 9.68. The van der Waals surface area contributed by atoms with Crippen LogP contribution in [0.25, 0.3) is 0 Å². The molecular formula is C20H41N5. The van der Waals surface area contributed by atoms with Crippen molar-refractivity contribution in [3.8, 4) is 0 Å². The Balaban J connectivity index is 1.68. The maximum Gasteiger partial charge on any atom is 0.191 e. The van der Waals surface area contributed by atoms with Crippen LogP contribution in [0.1, 0.15) is 52.9 Å². The van der Waals surface area contributed by atoms with Crippen molar-refractivity contribution in [3.05, 3.63) is 0 Å². The number of piperidine rings is 2. The SMILES string of the molecule is CCCN1CCC(NC(=NC)NCC2CCCN(CC(C)C)C2)CC1. The molecule has 0 spiro atoms. The molecule has 0 aromatic carbocycles. The molecule has 5 nitrogen and oxygen atoms in total. The first-order valence-electron chi connectivity index (χ1n) is 10.5. The van der Waals surface area contributed by atoms with Crippen molar-refractivity contribution in [2.24, 2.45) is 16.8 Å². The van der Waals surface area contributed by atoms with E-state index in [0.29, 0.717) is 6.04 Å². The van der Waals surface area contributed by atoms with Gasteiger partial charge >= 0.3 is 0 Å². The number of nitrogens with one attached hydrogen (secondary N) is 2. The Hall–Kier alpha value is -0.810. The highest BCUT2D eigenvalue weighted by molar-refractivity contribution is 5.79. The Morgan fingerprint density at radius 1 is 1.12 bits per heavy atom. The normalized spacial score (nSPS) is 24.7. The summed E-state index contributed by atoms with van der Waals surface area (Å²) in [6.07, 6.45) is 6.39. The van der Waals surface area contributed by atoms with Crippen LogP contribution >= 0.6 is 0 Å². The summed E-state index contributed by atoms with van der Waals surface area (Å²) in [5.41, 5.74) is 0. The number of hydrogen-bond acceptors (Lipinski definition) is 3. The molecule has 146 valence electrons. The first-order valence-corrected chi connectivity index (χ1v) is 10.5. The minimum atomic E-state index is 0.572. The van der Waals surface area contributed by atoms with E-state index in [-0.39, 0.29) is 0 Å². The molecule has 0 amide bonds. The lowest BCUT2D eigenvalue weighted by Crippen LogP contribution is -2.50. The lowest BCUT2D eigenvalue weighted by atomic mass is 9.97. The number of rotatable bonds is 7. The standard InChI is InChI=1S/C20H41N5/c1-5-10-24-12-8-19(9-13-24)23-20(21-4)22-14-18-7-6-11-25(16-18)15-17(2)3/h17-19H,5-16H2,1-4H3,(H2,21,22,23). The zero-order valence-corrected chi connectivity index (χ0v) is 17.1. The van der Waals surface area contributed by atoms with Gasteiger partial charge in [0.25, 0.3) is 0 Å². The minimum Gasteiger partial charge on any atom is -0.356 e. The highest BCUT2D eigenvalue weighted by Crippen LogP contribution is 2.17. The summed E-state index contributed by atoms with van der Waals surface area (Å²) in [5, 5.41) is 7.25. The summed E-state index contributed by atoms with van der Waals surface area (Å²) in [7, 11) is 1.90. The molecule has 2 heterocycles. The van der Waals surface area contributed by atoms with E-state index in [4.69, 9.17) is 0 Å². The Bertz CT molecular complexity index is 388. The Kier molecular flexibility index (Phi) is 9.04. The van der Waals surface area contributed by atoms with Gasteiger partial charge in [-0.3, -0.25) is 4.99 Å². The summed E-state index contributed by atoms with van der Waals surface area (Å²) < 4.78 is 0. The molecule has 0 radical (unpaired) electrons. The molecule has 2 fully saturated rings. The van der Waals surface area contributed by atoms with Crippen LogP contribution in [0.4, 0.5) is 0 Å². The molecule has 1 unspecified atom stereocenters. The molecule has 0 aliphatic carbocycles. The number of hydrogen-bond donors (Lipinski definition) is 2. The molecule has 2 N–H and O–H groups in total. The fraction of sp³-hybridized carbons (Fsp3) is 0.950. The molecule has 2 aliphatic heterocycles. The van der Waals surface area contributed by atoms with Gasteiger partial charge in [-0.25, -0.2) is 0 Å². The van der Waals surface area contributed by atoms with Gasteiger partial charge in [-0.15, -0.1) is 0 Å². The minimum absolute atomic E-state index is 0.572. The van der Waals surface area contributed by atoms with Gasteiger partial charge in [0.2, 0.25) is 0 Å². The smallest absolute Gasteiger partial charge is 0.191 e. The number of likely N-dealkylation sites (tertiary alicyclic amines) is 2. The molecule has 0 aromatic heterocycles. The third-order valence-corrected chi connectivity index (χ3v) is 5.48. The molecule has 2 saturated heterocycles. The number of aliphatic imine (C=N–C) groups is 1. The second-order valence-electron chi connectivity index (χ2n) is 8.38. The van der Waals surface area contributed by atoms with E-state index in [1.807, 2.05) is 7.05 Å². The fourth-order valence-electron chi connectivity index (χ4n) is 4.25.